The number of hydrogen-bond donors (Lipinski definition) is 0. The van der Waals surface area contributed by atoms with Gasteiger partial charge in [0.25, 0.3) is 0 Å². The Morgan fingerprint density at radius 3 is 2.64 bits per heavy atom. The molecule has 2 bridgehead atoms. The molecule has 0 saturated carbocycles. The molecule has 1 aromatic heterocycles. The highest BCUT2D eigenvalue weighted by Gasteiger charge is 2.51. The maximum Gasteiger partial charge on any atom is 0.135 e. The fourth-order valence-electron chi connectivity index (χ4n) is 6.02. The van der Waals surface area contributed by atoms with E-state index in [9.17, 15) is 0 Å². The Bertz CT molecular complexity index is 971. The van der Waals surface area contributed by atoms with E-state index in [1.165, 1.54) is 41.3 Å². The van der Waals surface area contributed by atoms with E-state index in [4.69, 9.17) is 4.42 Å². The van der Waals surface area contributed by atoms with Crippen molar-refractivity contribution < 1.29 is 4.42 Å². The van der Waals surface area contributed by atoms with Crippen LogP contribution in [0.3, 0.4) is 0 Å². The minimum Gasteiger partial charge on any atom is -0.456 e. The van der Waals surface area contributed by atoms with Crippen LogP contribution in [0.2, 0.25) is 0 Å². The molecule has 25 heavy (non-hydrogen) atoms. The quantitative estimate of drug-likeness (QED) is 0.553. The third kappa shape index (κ3) is 2.07. The van der Waals surface area contributed by atoms with Gasteiger partial charge in [-0.05, 0) is 74.9 Å². The highest BCUT2D eigenvalue weighted by atomic mass is 16.3. The summed E-state index contributed by atoms with van der Waals surface area (Å²) in [5.41, 5.74) is 5.34. The van der Waals surface area contributed by atoms with Crippen LogP contribution in [0, 0.1) is 12.3 Å². The Hall–Kier alpha value is -1.80. The molecule has 2 heteroatoms. The maximum absolute atomic E-state index is 6.10. The van der Waals surface area contributed by atoms with Crippen LogP contribution in [0.1, 0.15) is 50.7 Å². The van der Waals surface area contributed by atoms with E-state index in [-0.39, 0.29) is 0 Å². The molecule has 4 heterocycles. The standard InChI is InChI=1S/C23H27NO/c1-14-11-21-19(17-7-5-6-8-20(17)25-21)12-18(14)22-16(3)24-10-9-23(22,4)13-15(24)2/h5-8,11-12,15-16,22H,9-10,13H2,1-4H3/t15?,16-,22?,23?/m1/s1. The van der Waals surface area contributed by atoms with E-state index >= 15 is 0 Å². The molecule has 4 unspecified atom stereocenters. The monoisotopic (exact) mass is 333 g/mol. The fraction of sp³-hybridized carbons (Fsp3) is 0.478. The molecule has 6 rings (SSSR count). The zero-order valence-corrected chi connectivity index (χ0v) is 15.7. The Kier molecular flexibility index (Phi) is 3.16. The smallest absolute Gasteiger partial charge is 0.135 e. The molecule has 0 N–H and O–H groups in total. The highest BCUT2D eigenvalue weighted by molar-refractivity contribution is 6.05. The number of piperidine rings is 3. The first-order chi connectivity index (χ1) is 12.0. The van der Waals surface area contributed by atoms with Gasteiger partial charge in [-0.3, -0.25) is 4.90 Å². The summed E-state index contributed by atoms with van der Waals surface area (Å²) >= 11 is 0. The van der Waals surface area contributed by atoms with E-state index < -0.39 is 0 Å². The summed E-state index contributed by atoms with van der Waals surface area (Å²) in [6.07, 6.45) is 2.63. The van der Waals surface area contributed by atoms with Crippen molar-refractivity contribution in [3.05, 3.63) is 47.5 Å². The van der Waals surface area contributed by atoms with Crippen LogP contribution in [0.4, 0.5) is 0 Å². The largest absolute Gasteiger partial charge is 0.456 e. The van der Waals surface area contributed by atoms with Gasteiger partial charge in [0.05, 0.1) is 0 Å². The van der Waals surface area contributed by atoms with Crippen molar-refractivity contribution in [1.82, 2.24) is 4.90 Å². The van der Waals surface area contributed by atoms with E-state index in [1.807, 2.05) is 0 Å². The highest BCUT2D eigenvalue weighted by Crippen LogP contribution is 2.55. The Morgan fingerprint density at radius 1 is 1.08 bits per heavy atom. The average molecular weight is 333 g/mol. The molecule has 3 saturated heterocycles. The molecule has 3 aromatic rings. The van der Waals surface area contributed by atoms with Gasteiger partial charge in [0.1, 0.15) is 11.2 Å². The maximum atomic E-state index is 6.10. The number of aryl methyl sites for hydroxylation is 1. The molecule has 0 radical (unpaired) electrons. The first-order valence-corrected chi connectivity index (χ1v) is 9.65. The van der Waals surface area contributed by atoms with Crippen LogP contribution in [0.15, 0.2) is 40.8 Å². The molecular weight excluding hydrogens is 306 g/mol. The lowest BCUT2D eigenvalue weighted by Crippen LogP contribution is -2.60. The Balaban J connectivity index is 1.72. The molecule has 3 aliphatic heterocycles. The van der Waals surface area contributed by atoms with Crippen molar-refractivity contribution in [2.45, 2.75) is 58.5 Å². The van der Waals surface area contributed by atoms with E-state index in [2.05, 4.69) is 69.0 Å². The second-order valence-electron chi connectivity index (χ2n) is 8.72. The van der Waals surface area contributed by atoms with Crippen LogP contribution in [0.5, 0.6) is 0 Å². The van der Waals surface area contributed by atoms with Crippen molar-refractivity contribution in [3.63, 3.8) is 0 Å². The van der Waals surface area contributed by atoms with Gasteiger partial charge in [0.15, 0.2) is 0 Å². The zero-order chi connectivity index (χ0) is 17.3. The van der Waals surface area contributed by atoms with Crippen molar-refractivity contribution >= 4 is 21.9 Å². The van der Waals surface area contributed by atoms with Crippen molar-refractivity contribution in [1.29, 1.82) is 0 Å². The lowest BCUT2D eigenvalue weighted by atomic mass is 9.58. The summed E-state index contributed by atoms with van der Waals surface area (Å²) in [5.74, 6) is 0.607. The first-order valence-electron chi connectivity index (χ1n) is 9.65. The minimum absolute atomic E-state index is 0.408. The SMILES string of the molecule is Cc1cc2oc3ccccc3c2cc1C1[C@@H](C)N2CCC1(C)CC2C. The summed E-state index contributed by atoms with van der Waals surface area (Å²) in [5, 5.41) is 2.52. The summed E-state index contributed by atoms with van der Waals surface area (Å²) in [6.45, 7) is 10.9. The van der Waals surface area contributed by atoms with Gasteiger partial charge in [-0.25, -0.2) is 0 Å². The summed E-state index contributed by atoms with van der Waals surface area (Å²) in [4.78, 5) is 2.73. The van der Waals surface area contributed by atoms with Crippen LogP contribution >= 0.6 is 0 Å². The summed E-state index contributed by atoms with van der Waals surface area (Å²) < 4.78 is 6.10. The van der Waals surface area contributed by atoms with Gasteiger partial charge >= 0.3 is 0 Å². The molecule has 2 nitrogen and oxygen atoms in total. The number of para-hydroxylation sites is 1. The third-order valence-corrected chi connectivity index (χ3v) is 7.13. The number of benzene rings is 2. The van der Waals surface area contributed by atoms with Gasteiger partial charge in [-0.1, -0.05) is 25.1 Å². The molecule has 130 valence electrons. The fourth-order valence-corrected chi connectivity index (χ4v) is 6.02. The zero-order valence-electron chi connectivity index (χ0n) is 15.7. The number of hydrogen-bond acceptors (Lipinski definition) is 2. The number of fused-ring (bicyclic) bond motifs is 6. The molecule has 5 atom stereocenters. The topological polar surface area (TPSA) is 16.4 Å². The third-order valence-electron chi connectivity index (χ3n) is 7.13. The van der Waals surface area contributed by atoms with Gasteiger partial charge in [0, 0.05) is 28.8 Å². The van der Waals surface area contributed by atoms with Crippen molar-refractivity contribution in [3.8, 4) is 0 Å². The average Bonchev–Trinajstić information content (AvgIpc) is 2.91. The van der Waals surface area contributed by atoms with Crippen molar-refractivity contribution in [2.24, 2.45) is 5.41 Å². The van der Waals surface area contributed by atoms with Crippen LogP contribution in [-0.4, -0.2) is 23.5 Å². The predicted octanol–water partition coefficient (Wildman–Crippen LogP) is 5.87. The van der Waals surface area contributed by atoms with E-state index in [0.717, 1.165) is 11.2 Å². The number of nitrogens with zero attached hydrogens (tertiary/aromatic N) is 1. The molecule has 0 spiro atoms. The molecule has 0 aliphatic carbocycles. The van der Waals surface area contributed by atoms with E-state index in [0.29, 0.717) is 23.4 Å². The Labute approximate surface area is 149 Å². The summed E-state index contributed by atoms with van der Waals surface area (Å²) in [7, 11) is 0. The van der Waals surface area contributed by atoms with Crippen molar-refractivity contribution in [2.75, 3.05) is 6.54 Å². The van der Waals surface area contributed by atoms with Crippen LogP contribution in [-0.2, 0) is 0 Å². The molecule has 2 aromatic carbocycles. The second kappa shape index (κ2) is 5.11. The molecule has 3 fully saturated rings. The lowest BCUT2D eigenvalue weighted by Gasteiger charge is -2.59. The predicted molar refractivity (Wildman–Crippen MR) is 104 cm³/mol. The molecule has 0 amide bonds. The van der Waals surface area contributed by atoms with Gasteiger partial charge < -0.3 is 4.42 Å². The second-order valence-corrected chi connectivity index (χ2v) is 8.72. The normalized spacial score (nSPS) is 34.9. The first kappa shape index (κ1) is 15.5. The number of rotatable bonds is 1. The van der Waals surface area contributed by atoms with Crippen LogP contribution < -0.4 is 0 Å². The van der Waals surface area contributed by atoms with Gasteiger partial charge in [-0.2, -0.15) is 0 Å². The number of furan rings is 1. The minimum atomic E-state index is 0.408. The van der Waals surface area contributed by atoms with E-state index in [1.54, 1.807) is 0 Å². The lowest BCUT2D eigenvalue weighted by molar-refractivity contribution is -0.0623. The van der Waals surface area contributed by atoms with Gasteiger partial charge in [-0.15, -0.1) is 0 Å². The molecule has 3 aliphatic rings. The Morgan fingerprint density at radius 2 is 1.88 bits per heavy atom. The van der Waals surface area contributed by atoms with Crippen LogP contribution in [0.25, 0.3) is 21.9 Å². The summed E-state index contributed by atoms with van der Waals surface area (Å²) in [6, 6.07) is 14.4. The molecular formula is C23H27NO. The van der Waals surface area contributed by atoms with Gasteiger partial charge in [0.2, 0.25) is 0 Å².